The first kappa shape index (κ1) is 13.9. The molecule has 0 aliphatic carbocycles. The summed E-state index contributed by atoms with van der Waals surface area (Å²) in [6.45, 7) is 7.71. The number of nitrogens with one attached hydrogen (secondary N) is 1. The van der Waals surface area contributed by atoms with Gasteiger partial charge in [0.25, 0.3) is 0 Å². The van der Waals surface area contributed by atoms with Gasteiger partial charge < -0.3 is 15.5 Å². The van der Waals surface area contributed by atoms with Crippen LogP contribution in [0, 0.1) is 0 Å². The molecule has 4 heteroatoms. The highest BCUT2D eigenvalue weighted by molar-refractivity contribution is 5.38. The van der Waals surface area contributed by atoms with Gasteiger partial charge in [-0.1, -0.05) is 6.08 Å². The minimum atomic E-state index is 0.119. The Hall–Kier alpha value is -1.52. The molecule has 0 saturated carbocycles. The van der Waals surface area contributed by atoms with E-state index in [0.29, 0.717) is 0 Å². The number of allylic oxidation sites excluding steroid dienone is 1. The van der Waals surface area contributed by atoms with Crippen LogP contribution in [-0.2, 0) is 0 Å². The standard InChI is InChI=1S/C15H22N2O2/c1-2-3-4-15(17-7-5-16-6-8-17)12-9-13(18)11-14(19)10-12/h2,9-11,15-16,18-19H,1,3-8H2/t15-/m0/s1. The highest BCUT2D eigenvalue weighted by Crippen LogP contribution is 2.31. The summed E-state index contributed by atoms with van der Waals surface area (Å²) in [6.07, 6.45) is 3.79. The van der Waals surface area contributed by atoms with E-state index in [4.69, 9.17) is 0 Å². The van der Waals surface area contributed by atoms with E-state index in [-0.39, 0.29) is 17.5 Å². The van der Waals surface area contributed by atoms with Crippen molar-refractivity contribution in [3.05, 3.63) is 36.4 Å². The average Bonchev–Trinajstić information content (AvgIpc) is 2.39. The molecule has 1 atom stereocenters. The Balaban J connectivity index is 2.21. The van der Waals surface area contributed by atoms with Crippen molar-refractivity contribution in [2.45, 2.75) is 18.9 Å². The van der Waals surface area contributed by atoms with Crippen molar-refractivity contribution in [3.8, 4) is 11.5 Å². The van der Waals surface area contributed by atoms with Crippen LogP contribution < -0.4 is 5.32 Å². The van der Waals surface area contributed by atoms with Crippen molar-refractivity contribution >= 4 is 0 Å². The summed E-state index contributed by atoms with van der Waals surface area (Å²) in [4.78, 5) is 2.40. The molecule has 0 radical (unpaired) electrons. The van der Waals surface area contributed by atoms with Gasteiger partial charge in [-0.05, 0) is 30.5 Å². The Bertz CT molecular complexity index is 408. The first-order chi connectivity index (χ1) is 9.20. The van der Waals surface area contributed by atoms with Gasteiger partial charge in [0.1, 0.15) is 11.5 Å². The fraction of sp³-hybridized carbons (Fsp3) is 0.467. The van der Waals surface area contributed by atoms with E-state index >= 15 is 0 Å². The predicted octanol–water partition coefficient (Wildman–Crippen LogP) is 2.01. The Morgan fingerprint density at radius 2 is 1.84 bits per heavy atom. The Morgan fingerprint density at radius 3 is 2.42 bits per heavy atom. The van der Waals surface area contributed by atoms with Gasteiger partial charge in [0, 0.05) is 38.3 Å². The first-order valence-electron chi connectivity index (χ1n) is 6.79. The summed E-state index contributed by atoms with van der Waals surface area (Å²) in [6, 6.07) is 5.08. The number of phenols is 2. The number of benzene rings is 1. The largest absolute Gasteiger partial charge is 0.508 e. The highest BCUT2D eigenvalue weighted by atomic mass is 16.3. The zero-order chi connectivity index (χ0) is 13.7. The minimum Gasteiger partial charge on any atom is -0.508 e. The molecule has 0 spiro atoms. The fourth-order valence-corrected chi connectivity index (χ4v) is 2.64. The Labute approximate surface area is 114 Å². The lowest BCUT2D eigenvalue weighted by Crippen LogP contribution is -2.45. The first-order valence-corrected chi connectivity index (χ1v) is 6.79. The average molecular weight is 262 g/mol. The second kappa shape index (κ2) is 6.59. The van der Waals surface area contributed by atoms with E-state index in [9.17, 15) is 10.2 Å². The third kappa shape index (κ3) is 3.72. The van der Waals surface area contributed by atoms with Crippen LogP contribution in [0.15, 0.2) is 30.9 Å². The Morgan fingerprint density at radius 1 is 1.21 bits per heavy atom. The van der Waals surface area contributed by atoms with E-state index in [2.05, 4.69) is 16.8 Å². The molecular formula is C15H22N2O2. The van der Waals surface area contributed by atoms with Gasteiger partial charge >= 0.3 is 0 Å². The van der Waals surface area contributed by atoms with Gasteiger partial charge in [-0.2, -0.15) is 0 Å². The molecule has 3 N–H and O–H groups in total. The van der Waals surface area contributed by atoms with E-state index in [1.54, 1.807) is 12.1 Å². The predicted molar refractivity (Wildman–Crippen MR) is 76.4 cm³/mol. The molecular weight excluding hydrogens is 240 g/mol. The molecule has 104 valence electrons. The highest BCUT2D eigenvalue weighted by Gasteiger charge is 2.22. The van der Waals surface area contributed by atoms with Gasteiger partial charge in [-0.25, -0.2) is 0 Å². The molecule has 1 aliphatic heterocycles. The fourth-order valence-electron chi connectivity index (χ4n) is 2.64. The molecule has 1 heterocycles. The molecule has 1 aliphatic rings. The number of aromatic hydroxyl groups is 2. The molecule has 0 unspecified atom stereocenters. The molecule has 1 aromatic carbocycles. The van der Waals surface area contributed by atoms with E-state index in [0.717, 1.165) is 44.6 Å². The SMILES string of the molecule is C=CCC[C@@H](c1cc(O)cc(O)c1)N1CCNCC1. The van der Waals surface area contributed by atoms with Crippen molar-refractivity contribution in [2.75, 3.05) is 26.2 Å². The van der Waals surface area contributed by atoms with Crippen molar-refractivity contribution in [1.82, 2.24) is 10.2 Å². The zero-order valence-corrected chi connectivity index (χ0v) is 11.2. The molecule has 2 rings (SSSR count). The minimum absolute atomic E-state index is 0.119. The number of rotatable bonds is 5. The van der Waals surface area contributed by atoms with Crippen LogP contribution in [0.25, 0.3) is 0 Å². The van der Waals surface area contributed by atoms with Crippen LogP contribution >= 0.6 is 0 Å². The van der Waals surface area contributed by atoms with Crippen molar-refractivity contribution in [3.63, 3.8) is 0 Å². The lowest BCUT2D eigenvalue weighted by atomic mass is 9.99. The van der Waals surface area contributed by atoms with Crippen LogP contribution in [0.1, 0.15) is 24.4 Å². The van der Waals surface area contributed by atoms with Gasteiger partial charge in [-0.15, -0.1) is 6.58 Å². The van der Waals surface area contributed by atoms with Crippen LogP contribution in [-0.4, -0.2) is 41.3 Å². The monoisotopic (exact) mass is 262 g/mol. The number of hydrogen-bond donors (Lipinski definition) is 3. The third-order valence-corrected chi connectivity index (χ3v) is 3.55. The maximum atomic E-state index is 9.66. The summed E-state index contributed by atoms with van der Waals surface area (Å²) in [5.41, 5.74) is 0.973. The summed E-state index contributed by atoms with van der Waals surface area (Å²) < 4.78 is 0. The van der Waals surface area contributed by atoms with Crippen molar-refractivity contribution < 1.29 is 10.2 Å². The third-order valence-electron chi connectivity index (χ3n) is 3.55. The van der Waals surface area contributed by atoms with Crippen LogP contribution in [0.5, 0.6) is 11.5 Å². The quantitative estimate of drug-likeness (QED) is 0.711. The van der Waals surface area contributed by atoms with Gasteiger partial charge in [0.15, 0.2) is 0 Å². The molecule has 4 nitrogen and oxygen atoms in total. The number of piperazine rings is 1. The topological polar surface area (TPSA) is 55.7 Å². The number of nitrogens with zero attached hydrogens (tertiary/aromatic N) is 1. The van der Waals surface area contributed by atoms with Crippen molar-refractivity contribution in [2.24, 2.45) is 0 Å². The van der Waals surface area contributed by atoms with Gasteiger partial charge in [0.2, 0.25) is 0 Å². The lowest BCUT2D eigenvalue weighted by molar-refractivity contribution is 0.165. The summed E-state index contributed by atoms with van der Waals surface area (Å²) in [5, 5.41) is 22.7. The molecule has 0 aromatic heterocycles. The van der Waals surface area contributed by atoms with Crippen molar-refractivity contribution in [1.29, 1.82) is 0 Å². The number of hydrogen-bond acceptors (Lipinski definition) is 4. The zero-order valence-electron chi connectivity index (χ0n) is 11.2. The summed E-state index contributed by atoms with van der Waals surface area (Å²) in [5.74, 6) is 0.238. The lowest BCUT2D eigenvalue weighted by Gasteiger charge is -2.35. The van der Waals surface area contributed by atoms with E-state index in [1.165, 1.54) is 6.07 Å². The molecule has 0 amide bonds. The molecule has 1 fully saturated rings. The van der Waals surface area contributed by atoms with Crippen LogP contribution in [0.4, 0.5) is 0 Å². The van der Waals surface area contributed by atoms with Gasteiger partial charge in [0.05, 0.1) is 0 Å². The normalized spacial score (nSPS) is 18.1. The second-order valence-electron chi connectivity index (χ2n) is 4.95. The molecule has 0 bridgehead atoms. The van der Waals surface area contributed by atoms with Crippen LogP contribution in [0.3, 0.4) is 0 Å². The Kier molecular flexibility index (Phi) is 4.82. The van der Waals surface area contributed by atoms with E-state index in [1.807, 2.05) is 6.08 Å². The van der Waals surface area contributed by atoms with Crippen LogP contribution in [0.2, 0.25) is 0 Å². The molecule has 1 aromatic rings. The van der Waals surface area contributed by atoms with Gasteiger partial charge in [-0.3, -0.25) is 4.90 Å². The maximum absolute atomic E-state index is 9.66. The molecule has 1 saturated heterocycles. The maximum Gasteiger partial charge on any atom is 0.119 e. The number of phenolic OH excluding ortho intramolecular Hbond substituents is 2. The smallest absolute Gasteiger partial charge is 0.119 e. The molecule has 19 heavy (non-hydrogen) atoms. The summed E-state index contributed by atoms with van der Waals surface area (Å²) in [7, 11) is 0. The summed E-state index contributed by atoms with van der Waals surface area (Å²) >= 11 is 0. The second-order valence-corrected chi connectivity index (χ2v) is 4.95. The van der Waals surface area contributed by atoms with E-state index < -0.39 is 0 Å².